The topological polar surface area (TPSA) is 58.2 Å². The van der Waals surface area contributed by atoms with Gasteiger partial charge in [-0.2, -0.15) is 0 Å². The minimum atomic E-state index is -3.02. The number of sulfonamides is 1. The zero-order valence-electron chi connectivity index (χ0n) is 8.25. The Bertz CT molecular complexity index is 300. The molecule has 0 radical (unpaired) electrons. The van der Waals surface area contributed by atoms with Gasteiger partial charge in [-0.05, 0) is 37.8 Å². The van der Waals surface area contributed by atoms with Crippen molar-refractivity contribution in [3.8, 4) is 0 Å². The zero-order chi connectivity index (χ0) is 9.53. The van der Waals surface area contributed by atoms with E-state index >= 15 is 0 Å². The first-order valence-corrected chi connectivity index (χ1v) is 6.35. The second kappa shape index (κ2) is 3.96. The van der Waals surface area contributed by atoms with Gasteiger partial charge in [-0.15, -0.1) is 12.4 Å². The molecule has 4 nitrogen and oxygen atoms in total. The summed E-state index contributed by atoms with van der Waals surface area (Å²) in [5.41, 5.74) is 0.337. The van der Waals surface area contributed by atoms with Gasteiger partial charge in [0.25, 0.3) is 0 Å². The van der Waals surface area contributed by atoms with Gasteiger partial charge < -0.3 is 5.32 Å². The highest BCUT2D eigenvalue weighted by Crippen LogP contribution is 2.54. The fourth-order valence-corrected chi connectivity index (χ4v) is 3.35. The van der Waals surface area contributed by atoms with Crippen LogP contribution in [0.4, 0.5) is 0 Å². The Labute approximate surface area is 91.3 Å². The first kappa shape index (κ1) is 12.2. The second-order valence-electron chi connectivity index (χ2n) is 4.18. The summed E-state index contributed by atoms with van der Waals surface area (Å²) in [4.78, 5) is 0. The van der Waals surface area contributed by atoms with Crippen LogP contribution in [0.2, 0.25) is 0 Å². The number of hydrogen-bond acceptors (Lipinski definition) is 3. The molecule has 1 aliphatic carbocycles. The van der Waals surface area contributed by atoms with Crippen molar-refractivity contribution in [2.75, 3.05) is 25.9 Å². The van der Waals surface area contributed by atoms with Crippen LogP contribution in [0.3, 0.4) is 0 Å². The molecule has 2 rings (SSSR count). The lowest BCUT2D eigenvalue weighted by atomic mass is 9.95. The molecule has 0 bridgehead atoms. The SMILES string of the molecule is CNS(=O)(=O)CC1CNCC12CC2.Cl. The average molecular weight is 241 g/mol. The van der Waals surface area contributed by atoms with Crippen LogP contribution in [0.1, 0.15) is 12.8 Å². The van der Waals surface area contributed by atoms with Gasteiger partial charge in [-0.3, -0.25) is 0 Å². The maximum Gasteiger partial charge on any atom is 0.211 e. The Hall–Kier alpha value is 0.160. The molecule has 0 amide bonds. The summed E-state index contributed by atoms with van der Waals surface area (Å²) in [6.45, 7) is 1.87. The Kier molecular flexibility index (Phi) is 3.46. The Balaban J connectivity index is 0.000000980. The van der Waals surface area contributed by atoms with Crippen LogP contribution >= 0.6 is 12.4 Å². The maximum atomic E-state index is 11.3. The van der Waals surface area contributed by atoms with Crippen LogP contribution < -0.4 is 10.0 Å². The van der Waals surface area contributed by atoms with Crippen LogP contribution in [0, 0.1) is 11.3 Å². The van der Waals surface area contributed by atoms with Crippen LogP contribution in [0.5, 0.6) is 0 Å². The van der Waals surface area contributed by atoms with E-state index in [0.29, 0.717) is 11.3 Å². The van der Waals surface area contributed by atoms with Gasteiger partial charge >= 0.3 is 0 Å². The summed E-state index contributed by atoms with van der Waals surface area (Å²) in [6, 6.07) is 0. The molecular weight excluding hydrogens is 224 g/mol. The van der Waals surface area contributed by atoms with Crippen molar-refractivity contribution in [2.24, 2.45) is 11.3 Å². The fourth-order valence-electron chi connectivity index (χ4n) is 2.19. The molecule has 1 spiro atoms. The van der Waals surface area contributed by atoms with Gasteiger partial charge in [-0.1, -0.05) is 0 Å². The summed E-state index contributed by atoms with van der Waals surface area (Å²) < 4.78 is 25.0. The fraction of sp³-hybridized carbons (Fsp3) is 1.00. The van der Waals surface area contributed by atoms with E-state index in [9.17, 15) is 8.42 Å². The van der Waals surface area contributed by atoms with Crippen molar-refractivity contribution in [1.82, 2.24) is 10.0 Å². The standard InChI is InChI=1S/C8H16N2O2S.ClH/c1-9-13(11,12)5-7-4-10-6-8(7)2-3-8;/h7,9-10H,2-6H2,1H3;1H. The molecule has 1 heterocycles. The molecule has 2 aliphatic rings. The molecule has 84 valence electrons. The van der Waals surface area contributed by atoms with Gasteiger partial charge in [0.2, 0.25) is 10.0 Å². The van der Waals surface area contributed by atoms with E-state index in [2.05, 4.69) is 10.0 Å². The number of hydrogen-bond donors (Lipinski definition) is 2. The minimum absolute atomic E-state index is 0. The van der Waals surface area contributed by atoms with E-state index in [0.717, 1.165) is 13.1 Å². The molecule has 1 atom stereocenters. The normalized spacial score (nSPS) is 28.8. The van der Waals surface area contributed by atoms with Crippen LogP contribution in [0.15, 0.2) is 0 Å². The van der Waals surface area contributed by atoms with Crippen molar-refractivity contribution in [1.29, 1.82) is 0 Å². The highest BCUT2D eigenvalue weighted by molar-refractivity contribution is 7.89. The van der Waals surface area contributed by atoms with E-state index in [-0.39, 0.29) is 18.2 Å². The lowest BCUT2D eigenvalue weighted by molar-refractivity contribution is 0.428. The summed E-state index contributed by atoms with van der Waals surface area (Å²) >= 11 is 0. The third-order valence-corrected chi connectivity index (χ3v) is 4.82. The molecule has 0 aromatic heterocycles. The van der Waals surface area contributed by atoms with E-state index in [4.69, 9.17) is 0 Å². The average Bonchev–Trinajstić information content (AvgIpc) is 2.74. The Morgan fingerprint density at radius 1 is 1.50 bits per heavy atom. The molecule has 0 aromatic carbocycles. The second-order valence-corrected chi connectivity index (χ2v) is 6.15. The molecule has 2 N–H and O–H groups in total. The molecule has 0 aromatic rings. The van der Waals surface area contributed by atoms with Gasteiger partial charge in [0.05, 0.1) is 5.75 Å². The number of nitrogens with one attached hydrogen (secondary N) is 2. The van der Waals surface area contributed by atoms with Gasteiger partial charge in [-0.25, -0.2) is 13.1 Å². The molecule has 6 heteroatoms. The Morgan fingerprint density at radius 3 is 2.64 bits per heavy atom. The van der Waals surface area contributed by atoms with Crippen molar-refractivity contribution in [3.05, 3.63) is 0 Å². The monoisotopic (exact) mass is 240 g/mol. The highest BCUT2D eigenvalue weighted by atomic mass is 35.5. The Morgan fingerprint density at radius 2 is 2.14 bits per heavy atom. The van der Waals surface area contributed by atoms with Crippen LogP contribution in [0.25, 0.3) is 0 Å². The molecule has 1 unspecified atom stereocenters. The molecule has 1 saturated heterocycles. The number of rotatable bonds is 3. The summed E-state index contributed by atoms with van der Waals surface area (Å²) in [5.74, 6) is 0.612. The van der Waals surface area contributed by atoms with Crippen LogP contribution in [-0.2, 0) is 10.0 Å². The lowest BCUT2D eigenvalue weighted by Gasteiger charge is -2.16. The molecule has 1 aliphatic heterocycles. The van der Waals surface area contributed by atoms with Gasteiger partial charge in [0.15, 0.2) is 0 Å². The first-order chi connectivity index (χ1) is 6.08. The van der Waals surface area contributed by atoms with Crippen LogP contribution in [-0.4, -0.2) is 34.3 Å². The van der Waals surface area contributed by atoms with Gasteiger partial charge in [0, 0.05) is 6.54 Å². The van der Waals surface area contributed by atoms with Crippen molar-refractivity contribution in [2.45, 2.75) is 12.8 Å². The summed E-state index contributed by atoms with van der Waals surface area (Å²) in [7, 11) is -1.54. The van der Waals surface area contributed by atoms with Crippen molar-refractivity contribution >= 4 is 22.4 Å². The lowest BCUT2D eigenvalue weighted by Crippen LogP contribution is -2.30. The predicted octanol–water partition coefficient (Wildman–Crippen LogP) is -0.0430. The summed E-state index contributed by atoms with van der Waals surface area (Å²) in [6.07, 6.45) is 2.40. The third-order valence-electron chi connectivity index (χ3n) is 3.36. The minimum Gasteiger partial charge on any atom is -0.316 e. The molecule has 14 heavy (non-hydrogen) atoms. The number of halogens is 1. The van der Waals surface area contributed by atoms with Crippen molar-refractivity contribution < 1.29 is 8.42 Å². The first-order valence-electron chi connectivity index (χ1n) is 4.70. The summed E-state index contributed by atoms with van der Waals surface area (Å²) in [5, 5.41) is 3.28. The van der Waals surface area contributed by atoms with E-state index in [1.165, 1.54) is 19.9 Å². The zero-order valence-corrected chi connectivity index (χ0v) is 9.88. The van der Waals surface area contributed by atoms with Gasteiger partial charge in [0.1, 0.15) is 0 Å². The van der Waals surface area contributed by atoms with E-state index in [1.54, 1.807) is 0 Å². The van der Waals surface area contributed by atoms with Crippen molar-refractivity contribution in [3.63, 3.8) is 0 Å². The largest absolute Gasteiger partial charge is 0.316 e. The predicted molar refractivity (Wildman–Crippen MR) is 58.1 cm³/mol. The highest BCUT2D eigenvalue weighted by Gasteiger charge is 2.52. The quantitative estimate of drug-likeness (QED) is 0.728. The third kappa shape index (κ3) is 2.21. The molecular formula is C8H17ClN2O2S. The molecule has 1 saturated carbocycles. The maximum absolute atomic E-state index is 11.3. The smallest absolute Gasteiger partial charge is 0.211 e. The van der Waals surface area contributed by atoms with E-state index in [1.807, 2.05) is 0 Å². The van der Waals surface area contributed by atoms with E-state index < -0.39 is 10.0 Å². The molecule has 2 fully saturated rings.